The number of halogens is 1. The number of hydrogen-bond acceptors (Lipinski definition) is 4. The first kappa shape index (κ1) is 21.0. The van der Waals surface area contributed by atoms with E-state index < -0.39 is 0 Å². The molecule has 1 aliphatic heterocycles. The van der Waals surface area contributed by atoms with Gasteiger partial charge in [-0.2, -0.15) is 0 Å². The molecule has 0 unspecified atom stereocenters. The Morgan fingerprint density at radius 1 is 1.14 bits per heavy atom. The van der Waals surface area contributed by atoms with Gasteiger partial charge in [-0.1, -0.05) is 29.8 Å². The second-order valence-corrected chi connectivity index (χ2v) is 7.67. The number of ether oxygens (including phenoxy) is 1. The van der Waals surface area contributed by atoms with Crippen LogP contribution in [0, 0.1) is 0 Å². The molecule has 1 N–H and O–H groups in total. The van der Waals surface area contributed by atoms with Gasteiger partial charge in [0, 0.05) is 37.4 Å². The average Bonchev–Trinajstić information content (AvgIpc) is 2.73. The zero-order chi connectivity index (χ0) is 19.6. The molecule has 5 nitrogen and oxygen atoms in total. The van der Waals surface area contributed by atoms with Gasteiger partial charge in [-0.15, -0.1) is 0 Å². The largest absolute Gasteiger partial charge is 0.379 e. The highest BCUT2D eigenvalue weighted by atomic mass is 35.5. The van der Waals surface area contributed by atoms with E-state index >= 15 is 0 Å². The minimum Gasteiger partial charge on any atom is -0.379 e. The van der Waals surface area contributed by atoms with E-state index in [1.54, 1.807) is 0 Å². The highest BCUT2D eigenvalue weighted by molar-refractivity contribution is 7.80. The summed E-state index contributed by atoms with van der Waals surface area (Å²) < 4.78 is 5.40. The number of pyridine rings is 1. The summed E-state index contributed by atoms with van der Waals surface area (Å²) >= 11 is 11.7. The van der Waals surface area contributed by atoms with E-state index in [0.717, 1.165) is 67.2 Å². The summed E-state index contributed by atoms with van der Waals surface area (Å²) in [6.07, 6.45) is 2.87. The molecule has 3 rings (SSSR count). The molecule has 1 aliphatic rings. The van der Waals surface area contributed by atoms with E-state index in [1.807, 2.05) is 48.7 Å². The molecule has 0 radical (unpaired) electrons. The number of hydrogen-bond donors (Lipinski definition) is 1. The molecule has 0 aliphatic carbocycles. The van der Waals surface area contributed by atoms with E-state index in [-0.39, 0.29) is 0 Å². The Bertz CT molecular complexity index is 723. The summed E-state index contributed by atoms with van der Waals surface area (Å²) in [5.41, 5.74) is 2.16. The Kier molecular flexibility index (Phi) is 8.48. The van der Waals surface area contributed by atoms with Gasteiger partial charge in [-0.3, -0.25) is 9.88 Å². The monoisotopic (exact) mass is 418 g/mol. The van der Waals surface area contributed by atoms with E-state index in [1.165, 1.54) is 0 Å². The van der Waals surface area contributed by atoms with Gasteiger partial charge in [0.2, 0.25) is 0 Å². The summed E-state index contributed by atoms with van der Waals surface area (Å²) in [7, 11) is 0. The molecule has 0 saturated carbocycles. The third-order valence-electron chi connectivity index (χ3n) is 4.68. The van der Waals surface area contributed by atoms with E-state index in [0.29, 0.717) is 13.1 Å². The lowest BCUT2D eigenvalue weighted by atomic mass is 10.2. The lowest BCUT2D eigenvalue weighted by Crippen LogP contribution is -2.41. The quantitative estimate of drug-likeness (QED) is 0.523. The number of rotatable bonds is 8. The summed E-state index contributed by atoms with van der Waals surface area (Å²) in [6.45, 7) is 7.02. The van der Waals surface area contributed by atoms with Crippen LogP contribution in [0.3, 0.4) is 0 Å². The van der Waals surface area contributed by atoms with Crippen molar-refractivity contribution in [3.8, 4) is 0 Å². The number of morpholine rings is 1. The molecule has 150 valence electrons. The first-order valence-electron chi connectivity index (χ1n) is 9.68. The average molecular weight is 419 g/mol. The predicted octanol–water partition coefficient (Wildman–Crippen LogP) is 3.33. The first-order chi connectivity index (χ1) is 13.7. The molecule has 2 heterocycles. The standard InChI is InChI=1S/C21H27ClN4OS/c22-19-7-5-18(6-8-19)16-26(17-20-4-1-2-9-23-20)21(28)24-10-3-11-25-12-14-27-15-13-25/h1-2,4-9H,3,10-17H2,(H,24,28). The molecular formula is C21H27ClN4OS. The van der Waals surface area contributed by atoms with Crippen LogP contribution in [0.1, 0.15) is 17.7 Å². The van der Waals surface area contributed by atoms with E-state index in [2.05, 4.69) is 20.1 Å². The number of nitrogens with one attached hydrogen (secondary N) is 1. The van der Waals surface area contributed by atoms with Crippen LogP contribution in [0.2, 0.25) is 5.02 Å². The van der Waals surface area contributed by atoms with Crippen molar-refractivity contribution in [2.24, 2.45) is 0 Å². The minimum atomic E-state index is 0.665. The predicted molar refractivity (Wildman–Crippen MR) is 117 cm³/mol. The van der Waals surface area contributed by atoms with E-state index in [4.69, 9.17) is 28.6 Å². The van der Waals surface area contributed by atoms with Crippen LogP contribution in [0.5, 0.6) is 0 Å². The molecule has 1 aromatic carbocycles. The SMILES string of the molecule is S=C(NCCCN1CCOCC1)N(Cc1ccc(Cl)cc1)Cc1ccccn1. The smallest absolute Gasteiger partial charge is 0.169 e. The second-order valence-electron chi connectivity index (χ2n) is 6.84. The van der Waals surface area contributed by atoms with E-state index in [9.17, 15) is 0 Å². The highest BCUT2D eigenvalue weighted by Gasteiger charge is 2.13. The summed E-state index contributed by atoms with van der Waals surface area (Å²) in [5.74, 6) is 0. The van der Waals surface area contributed by atoms with Crippen LogP contribution in [-0.2, 0) is 17.8 Å². The lowest BCUT2D eigenvalue weighted by Gasteiger charge is -2.28. The maximum Gasteiger partial charge on any atom is 0.169 e. The molecule has 1 aromatic heterocycles. The Hall–Kier alpha value is -1.73. The van der Waals surface area contributed by atoms with Crippen molar-refractivity contribution < 1.29 is 4.74 Å². The number of nitrogens with zero attached hydrogens (tertiary/aromatic N) is 3. The van der Waals surface area contributed by atoms with Crippen LogP contribution in [0.25, 0.3) is 0 Å². The van der Waals surface area contributed by atoms with Gasteiger partial charge in [-0.25, -0.2) is 0 Å². The normalized spacial score (nSPS) is 14.6. The summed E-state index contributed by atoms with van der Waals surface area (Å²) in [5, 5.41) is 4.91. The molecule has 0 bridgehead atoms. The molecule has 28 heavy (non-hydrogen) atoms. The van der Waals surface area contributed by atoms with Crippen molar-refractivity contribution in [1.29, 1.82) is 0 Å². The fourth-order valence-electron chi connectivity index (χ4n) is 3.13. The van der Waals surface area contributed by atoms with Crippen LogP contribution in [0.15, 0.2) is 48.7 Å². The Balaban J connectivity index is 1.53. The highest BCUT2D eigenvalue weighted by Crippen LogP contribution is 2.13. The fraction of sp³-hybridized carbons (Fsp3) is 0.429. The maximum atomic E-state index is 6.02. The van der Waals surface area contributed by atoms with Crippen molar-refractivity contribution in [3.05, 3.63) is 64.9 Å². The van der Waals surface area contributed by atoms with Crippen molar-refractivity contribution in [2.75, 3.05) is 39.4 Å². The summed E-state index contributed by atoms with van der Waals surface area (Å²) in [6, 6.07) is 13.8. The van der Waals surface area contributed by atoms with Crippen LogP contribution < -0.4 is 5.32 Å². The molecule has 1 saturated heterocycles. The Morgan fingerprint density at radius 2 is 1.93 bits per heavy atom. The molecule has 0 amide bonds. The van der Waals surface area contributed by atoms with Crippen molar-refractivity contribution in [3.63, 3.8) is 0 Å². The third kappa shape index (κ3) is 7.02. The van der Waals surface area contributed by atoms with Gasteiger partial charge in [0.05, 0.1) is 25.5 Å². The van der Waals surface area contributed by atoms with Gasteiger partial charge < -0.3 is 15.0 Å². The van der Waals surface area contributed by atoms with Gasteiger partial charge in [0.25, 0.3) is 0 Å². The van der Waals surface area contributed by atoms with Gasteiger partial charge in [0.15, 0.2) is 5.11 Å². The van der Waals surface area contributed by atoms with Crippen LogP contribution in [-0.4, -0.2) is 59.3 Å². The Morgan fingerprint density at radius 3 is 2.64 bits per heavy atom. The van der Waals surface area contributed by atoms with Gasteiger partial charge >= 0.3 is 0 Å². The maximum absolute atomic E-state index is 6.02. The number of aromatic nitrogens is 1. The minimum absolute atomic E-state index is 0.665. The molecule has 0 spiro atoms. The number of thiocarbonyl (C=S) groups is 1. The molecule has 7 heteroatoms. The zero-order valence-electron chi connectivity index (χ0n) is 16.0. The van der Waals surface area contributed by atoms with Gasteiger partial charge in [-0.05, 0) is 55.0 Å². The molecule has 0 atom stereocenters. The van der Waals surface area contributed by atoms with Crippen LogP contribution >= 0.6 is 23.8 Å². The molecular weight excluding hydrogens is 392 g/mol. The lowest BCUT2D eigenvalue weighted by molar-refractivity contribution is 0.0376. The van der Waals surface area contributed by atoms with Crippen LogP contribution in [0.4, 0.5) is 0 Å². The molecule has 2 aromatic rings. The Labute approximate surface area is 177 Å². The third-order valence-corrected chi connectivity index (χ3v) is 5.34. The fourth-order valence-corrected chi connectivity index (χ4v) is 3.49. The van der Waals surface area contributed by atoms with Crippen molar-refractivity contribution in [2.45, 2.75) is 19.5 Å². The molecule has 1 fully saturated rings. The first-order valence-corrected chi connectivity index (χ1v) is 10.5. The summed E-state index contributed by atoms with van der Waals surface area (Å²) in [4.78, 5) is 9.03. The second kappa shape index (κ2) is 11.3. The zero-order valence-corrected chi connectivity index (χ0v) is 17.6. The van der Waals surface area contributed by atoms with Crippen molar-refractivity contribution in [1.82, 2.24) is 20.1 Å². The topological polar surface area (TPSA) is 40.6 Å². The number of benzene rings is 1. The van der Waals surface area contributed by atoms with Gasteiger partial charge in [0.1, 0.15) is 0 Å². The van der Waals surface area contributed by atoms with Crippen molar-refractivity contribution >= 4 is 28.9 Å².